The van der Waals surface area contributed by atoms with Crippen LogP contribution in [0.3, 0.4) is 0 Å². The maximum absolute atomic E-state index is 9.78. The molecule has 0 aliphatic carbocycles. The van der Waals surface area contributed by atoms with Crippen LogP contribution in [0, 0.1) is 29.6 Å². The highest BCUT2D eigenvalue weighted by Gasteiger charge is 2.18. The van der Waals surface area contributed by atoms with Gasteiger partial charge in [0.15, 0.2) is 0 Å². The normalized spacial score (nSPS) is 10.6. The zero-order valence-corrected chi connectivity index (χ0v) is 17.7. The summed E-state index contributed by atoms with van der Waals surface area (Å²) in [5, 5.41) is 19.5. The predicted octanol–water partition coefficient (Wildman–Crippen LogP) is 6.82. The summed E-state index contributed by atoms with van der Waals surface area (Å²) in [4.78, 5) is 0. The van der Waals surface area contributed by atoms with Crippen LogP contribution in [-0.2, 0) is 0 Å². The van der Waals surface area contributed by atoms with Gasteiger partial charge in [-0.3, -0.25) is 0 Å². The average Bonchev–Trinajstić information content (AvgIpc) is 2.84. The van der Waals surface area contributed by atoms with Crippen molar-refractivity contribution in [3.05, 3.63) is 113 Å². The van der Waals surface area contributed by atoms with Crippen LogP contribution in [0.25, 0.3) is 34.4 Å². The highest BCUT2D eigenvalue weighted by Crippen LogP contribution is 2.37. The predicted molar refractivity (Wildman–Crippen MR) is 131 cm³/mol. The fourth-order valence-electron chi connectivity index (χ4n) is 3.66. The van der Waals surface area contributed by atoms with Crippen molar-refractivity contribution in [2.45, 2.75) is 6.92 Å². The lowest BCUT2D eigenvalue weighted by Gasteiger charge is -2.14. The van der Waals surface area contributed by atoms with Gasteiger partial charge < -0.3 is 5.73 Å². The van der Waals surface area contributed by atoms with Gasteiger partial charge in [-0.2, -0.15) is 10.5 Å². The number of nitrogen functional groups attached to an aromatic ring is 1. The summed E-state index contributed by atoms with van der Waals surface area (Å²) in [6.07, 6.45) is 4.13. The third kappa shape index (κ3) is 4.15. The van der Waals surface area contributed by atoms with Crippen LogP contribution in [0.4, 0.5) is 5.69 Å². The molecule has 0 spiro atoms. The third-order valence-electron chi connectivity index (χ3n) is 5.44. The lowest BCUT2D eigenvalue weighted by molar-refractivity contribution is 1.44. The Hall–Kier alpha value is -4.60. The fourth-order valence-corrected chi connectivity index (χ4v) is 3.66. The van der Waals surface area contributed by atoms with Gasteiger partial charge in [-0.05, 0) is 35.2 Å². The molecule has 152 valence electrons. The quantitative estimate of drug-likeness (QED) is 0.295. The van der Waals surface area contributed by atoms with Gasteiger partial charge in [0.2, 0.25) is 0 Å². The van der Waals surface area contributed by atoms with Crippen molar-refractivity contribution in [2.24, 2.45) is 0 Å². The van der Waals surface area contributed by atoms with Gasteiger partial charge in [-0.1, -0.05) is 96.6 Å². The third-order valence-corrected chi connectivity index (χ3v) is 5.44. The van der Waals surface area contributed by atoms with E-state index in [0.29, 0.717) is 11.1 Å². The molecule has 0 atom stereocenters. The lowest BCUT2D eigenvalue weighted by Crippen LogP contribution is -2.00. The second kappa shape index (κ2) is 9.04. The van der Waals surface area contributed by atoms with E-state index in [9.17, 15) is 10.5 Å². The number of nitrogens with two attached hydrogens (primary N) is 1. The summed E-state index contributed by atoms with van der Waals surface area (Å²) < 4.78 is 0. The van der Waals surface area contributed by atoms with Crippen LogP contribution in [0.5, 0.6) is 0 Å². The van der Waals surface area contributed by atoms with Crippen LogP contribution >= 0.6 is 0 Å². The Balaban J connectivity index is 1.74. The van der Waals surface area contributed by atoms with Crippen molar-refractivity contribution >= 4 is 17.8 Å². The van der Waals surface area contributed by atoms with Gasteiger partial charge in [0.05, 0.1) is 16.8 Å². The molecule has 0 radical (unpaired) electrons. The maximum Gasteiger partial charge on any atom is 0.102 e. The molecule has 0 amide bonds. The minimum atomic E-state index is 0.217. The molecular formula is C29H21N3. The minimum absolute atomic E-state index is 0.217. The van der Waals surface area contributed by atoms with E-state index in [1.165, 1.54) is 5.56 Å². The Morgan fingerprint density at radius 2 is 1.12 bits per heavy atom. The Labute approximate surface area is 188 Å². The van der Waals surface area contributed by atoms with Crippen molar-refractivity contribution < 1.29 is 0 Å². The monoisotopic (exact) mass is 411 g/mol. The molecule has 0 bridgehead atoms. The molecule has 3 heteroatoms. The van der Waals surface area contributed by atoms with Crippen LogP contribution in [0.15, 0.2) is 84.9 Å². The van der Waals surface area contributed by atoms with E-state index in [2.05, 4.69) is 55.5 Å². The molecule has 32 heavy (non-hydrogen) atoms. The molecule has 0 aliphatic rings. The smallest absolute Gasteiger partial charge is 0.102 e. The van der Waals surface area contributed by atoms with E-state index in [0.717, 1.165) is 33.4 Å². The second-order valence-corrected chi connectivity index (χ2v) is 7.59. The van der Waals surface area contributed by atoms with Crippen LogP contribution in [0.1, 0.15) is 27.8 Å². The standard InChI is InChI=1S/C29H21N3/c1-20-7-9-21(10-8-20)11-12-22-13-15-24(16-14-22)26-17-25(23-5-3-2-4-6-23)27(18-30)29(32)28(26)19-31/h2-17H,32H2,1H3/b12-11+. The second-order valence-electron chi connectivity index (χ2n) is 7.59. The van der Waals surface area contributed by atoms with Gasteiger partial charge in [-0.25, -0.2) is 0 Å². The van der Waals surface area contributed by atoms with Gasteiger partial charge >= 0.3 is 0 Å². The van der Waals surface area contributed by atoms with Crippen LogP contribution in [0.2, 0.25) is 0 Å². The Morgan fingerprint density at radius 3 is 1.62 bits per heavy atom. The maximum atomic E-state index is 9.78. The van der Waals surface area contributed by atoms with Gasteiger partial charge in [0.1, 0.15) is 12.1 Å². The minimum Gasteiger partial charge on any atom is -0.397 e. The molecule has 0 aromatic heterocycles. The summed E-state index contributed by atoms with van der Waals surface area (Å²) in [5.74, 6) is 0. The largest absolute Gasteiger partial charge is 0.397 e. The zero-order chi connectivity index (χ0) is 22.5. The molecule has 0 saturated carbocycles. The first kappa shape index (κ1) is 20.7. The van der Waals surface area contributed by atoms with Crippen molar-refractivity contribution in [3.63, 3.8) is 0 Å². The number of hydrogen-bond acceptors (Lipinski definition) is 3. The number of hydrogen-bond donors (Lipinski definition) is 1. The highest BCUT2D eigenvalue weighted by molar-refractivity contribution is 5.89. The Kier molecular flexibility index (Phi) is 5.84. The summed E-state index contributed by atoms with van der Waals surface area (Å²) in [6, 6.07) is 32.2. The van der Waals surface area contributed by atoms with Gasteiger partial charge in [0.25, 0.3) is 0 Å². The average molecular weight is 412 g/mol. The molecule has 4 aromatic rings. The van der Waals surface area contributed by atoms with E-state index >= 15 is 0 Å². The molecule has 4 rings (SSSR count). The molecule has 0 fully saturated rings. The topological polar surface area (TPSA) is 73.6 Å². The Bertz CT molecular complexity index is 1370. The molecule has 0 saturated heterocycles. The van der Waals surface area contributed by atoms with E-state index in [4.69, 9.17) is 5.73 Å². The van der Waals surface area contributed by atoms with Crippen LogP contribution in [-0.4, -0.2) is 0 Å². The van der Waals surface area contributed by atoms with Crippen molar-refractivity contribution in [2.75, 3.05) is 5.73 Å². The summed E-state index contributed by atoms with van der Waals surface area (Å²) in [6.45, 7) is 2.07. The van der Waals surface area contributed by atoms with E-state index < -0.39 is 0 Å². The number of anilines is 1. The molecular weight excluding hydrogens is 390 g/mol. The molecule has 4 aromatic carbocycles. The van der Waals surface area contributed by atoms with Gasteiger partial charge in [0, 0.05) is 11.1 Å². The molecule has 0 heterocycles. The molecule has 3 nitrogen and oxygen atoms in total. The van der Waals surface area contributed by atoms with Crippen molar-refractivity contribution in [3.8, 4) is 34.4 Å². The number of aryl methyl sites for hydroxylation is 1. The summed E-state index contributed by atoms with van der Waals surface area (Å²) in [7, 11) is 0. The first-order valence-corrected chi connectivity index (χ1v) is 10.3. The van der Waals surface area contributed by atoms with Crippen molar-refractivity contribution in [1.29, 1.82) is 10.5 Å². The van der Waals surface area contributed by atoms with E-state index in [1.54, 1.807) is 0 Å². The zero-order valence-electron chi connectivity index (χ0n) is 17.7. The molecule has 2 N–H and O–H groups in total. The number of benzene rings is 4. The van der Waals surface area contributed by atoms with E-state index in [-0.39, 0.29) is 5.69 Å². The fraction of sp³-hybridized carbons (Fsp3) is 0.0345. The summed E-state index contributed by atoms with van der Waals surface area (Å²) >= 11 is 0. The molecule has 0 unspecified atom stereocenters. The van der Waals surface area contributed by atoms with Crippen molar-refractivity contribution in [1.82, 2.24) is 0 Å². The number of rotatable bonds is 4. The first-order valence-electron chi connectivity index (χ1n) is 10.3. The Morgan fingerprint density at radius 1 is 0.656 bits per heavy atom. The first-order chi connectivity index (χ1) is 15.6. The van der Waals surface area contributed by atoms with E-state index in [1.807, 2.05) is 60.7 Å². The number of nitrogens with zero attached hydrogens (tertiary/aromatic N) is 2. The SMILES string of the molecule is Cc1ccc(/C=C/c2ccc(-c3cc(-c4ccccc4)c(C#N)c(N)c3C#N)cc2)cc1. The highest BCUT2D eigenvalue weighted by atomic mass is 14.6. The number of nitriles is 2. The molecule has 0 aliphatic heterocycles. The van der Waals surface area contributed by atoms with Gasteiger partial charge in [-0.15, -0.1) is 0 Å². The van der Waals surface area contributed by atoms with Crippen LogP contribution < -0.4 is 5.73 Å². The summed E-state index contributed by atoms with van der Waals surface area (Å²) in [5.41, 5.74) is 13.8. The lowest BCUT2D eigenvalue weighted by atomic mass is 9.89.